The fourth-order valence-electron chi connectivity index (χ4n) is 2.46. The molecule has 0 saturated carbocycles. The maximum Gasteiger partial charge on any atom is 0.364 e. The summed E-state index contributed by atoms with van der Waals surface area (Å²) in [6.07, 6.45) is -7.35. The van der Waals surface area contributed by atoms with Gasteiger partial charge in [0.05, 0.1) is 18.8 Å². The Morgan fingerprint density at radius 2 is 1.96 bits per heavy atom. The third-order valence-corrected chi connectivity index (χ3v) is 3.48. The molecule has 0 aromatic carbocycles. The van der Waals surface area contributed by atoms with Crippen LogP contribution in [-0.2, 0) is 23.9 Å². The number of hydrogen-bond acceptors (Lipinski definition) is 9. The lowest BCUT2D eigenvalue weighted by Gasteiger charge is -2.45. The molecule has 0 aromatic heterocycles. The van der Waals surface area contributed by atoms with Crippen LogP contribution in [0.5, 0.6) is 0 Å². The van der Waals surface area contributed by atoms with Gasteiger partial charge in [-0.3, -0.25) is 9.59 Å². The Balaban J connectivity index is 3.25. The molecule has 0 spiro atoms. The molecule has 0 aliphatic carbocycles. The van der Waals surface area contributed by atoms with Crippen LogP contribution in [0.4, 0.5) is 0 Å². The largest absolute Gasteiger partial charge is 0.477 e. The molecule has 1 rings (SSSR count). The number of nitrogens with one attached hydrogen (secondary N) is 1. The monoisotopic (exact) mass is 351 g/mol. The van der Waals surface area contributed by atoms with Crippen molar-refractivity contribution < 1.29 is 49.4 Å². The summed E-state index contributed by atoms with van der Waals surface area (Å²) in [6, 6.07) is -1.30. The minimum atomic E-state index is -2.83. The standard InChI is InChI=1S/C13H21NO10/c1-5(16)14-9-7(18)3-13(22,12(20)21)24-11(9)10(8(19)4-15)23-6(2)17/h7-11,15,18-19,22H,3-4H2,1-2H3,(H,14,16)(H,20,21)/t7-,8?,9+,10+,11+,13-/m0/s1. The van der Waals surface area contributed by atoms with Gasteiger partial charge >= 0.3 is 11.9 Å². The molecule has 1 fully saturated rings. The van der Waals surface area contributed by atoms with Gasteiger partial charge in [-0.25, -0.2) is 4.79 Å². The van der Waals surface area contributed by atoms with Crippen molar-refractivity contribution in [3.05, 3.63) is 0 Å². The molecule has 1 heterocycles. The Bertz CT molecular complexity index is 497. The Labute approximate surface area is 136 Å². The van der Waals surface area contributed by atoms with Crippen LogP contribution in [0.1, 0.15) is 20.3 Å². The van der Waals surface area contributed by atoms with E-state index in [1.54, 1.807) is 0 Å². The van der Waals surface area contributed by atoms with Crippen LogP contribution in [0.15, 0.2) is 0 Å². The molecule has 1 saturated heterocycles. The van der Waals surface area contributed by atoms with Gasteiger partial charge in [0.1, 0.15) is 12.2 Å². The first-order valence-corrected chi connectivity index (χ1v) is 7.06. The molecule has 1 aliphatic heterocycles. The molecular formula is C13H21NO10. The smallest absolute Gasteiger partial charge is 0.364 e. The summed E-state index contributed by atoms with van der Waals surface area (Å²) in [5, 5.41) is 50.4. The fourth-order valence-corrected chi connectivity index (χ4v) is 2.46. The zero-order chi connectivity index (χ0) is 18.7. The van der Waals surface area contributed by atoms with E-state index in [1.807, 2.05) is 0 Å². The summed E-state index contributed by atoms with van der Waals surface area (Å²) in [7, 11) is 0. The van der Waals surface area contributed by atoms with Crippen LogP contribution < -0.4 is 5.32 Å². The highest BCUT2D eigenvalue weighted by molar-refractivity contribution is 5.76. The van der Waals surface area contributed by atoms with E-state index in [4.69, 9.17) is 19.7 Å². The number of carboxylic acid groups (broad SMARTS) is 1. The quantitative estimate of drug-likeness (QED) is 0.265. The van der Waals surface area contributed by atoms with Gasteiger partial charge in [0.25, 0.3) is 5.79 Å². The van der Waals surface area contributed by atoms with Crippen molar-refractivity contribution in [2.75, 3.05) is 6.61 Å². The second-order valence-electron chi connectivity index (χ2n) is 5.49. The summed E-state index contributed by atoms with van der Waals surface area (Å²) < 4.78 is 9.87. The molecule has 6 atom stereocenters. The molecule has 1 amide bonds. The number of rotatable bonds is 6. The summed E-state index contributed by atoms with van der Waals surface area (Å²) in [6.45, 7) is 1.23. The van der Waals surface area contributed by atoms with Crippen LogP contribution in [-0.4, -0.2) is 86.2 Å². The lowest BCUT2D eigenvalue weighted by molar-refractivity contribution is -0.296. The average molecular weight is 351 g/mol. The zero-order valence-electron chi connectivity index (χ0n) is 13.1. The van der Waals surface area contributed by atoms with Gasteiger partial charge in [-0.1, -0.05) is 0 Å². The number of carboxylic acids is 1. The number of aliphatic hydroxyl groups is 4. The van der Waals surface area contributed by atoms with Gasteiger partial charge in [0, 0.05) is 20.3 Å². The highest BCUT2D eigenvalue weighted by Crippen LogP contribution is 2.31. The number of esters is 1. The molecule has 0 aromatic rings. The summed E-state index contributed by atoms with van der Waals surface area (Å²) in [5.41, 5.74) is 0. The normalized spacial score (nSPS) is 32.5. The molecule has 11 nitrogen and oxygen atoms in total. The topological polar surface area (TPSA) is 183 Å². The number of carbonyl (C=O) groups excluding carboxylic acids is 2. The minimum absolute atomic E-state index is 0.617. The van der Waals surface area contributed by atoms with Gasteiger partial charge < -0.3 is 40.3 Å². The minimum Gasteiger partial charge on any atom is -0.477 e. The van der Waals surface area contributed by atoms with Crippen molar-refractivity contribution in [2.45, 2.75) is 56.5 Å². The second kappa shape index (κ2) is 7.85. The van der Waals surface area contributed by atoms with Crippen LogP contribution in [0.3, 0.4) is 0 Å². The predicted molar refractivity (Wildman–Crippen MR) is 74.3 cm³/mol. The average Bonchev–Trinajstić information content (AvgIpc) is 2.46. The Morgan fingerprint density at radius 3 is 2.38 bits per heavy atom. The number of aliphatic hydroxyl groups excluding tert-OH is 3. The van der Waals surface area contributed by atoms with Crippen LogP contribution in [0.25, 0.3) is 0 Å². The summed E-state index contributed by atoms with van der Waals surface area (Å²) in [4.78, 5) is 33.7. The Hall–Kier alpha value is -1.79. The first-order valence-electron chi connectivity index (χ1n) is 7.06. The van der Waals surface area contributed by atoms with Crippen molar-refractivity contribution in [3.63, 3.8) is 0 Å². The molecular weight excluding hydrogens is 330 g/mol. The van der Waals surface area contributed by atoms with E-state index in [-0.39, 0.29) is 0 Å². The first kappa shape index (κ1) is 20.3. The molecule has 138 valence electrons. The van der Waals surface area contributed by atoms with E-state index in [0.717, 1.165) is 13.8 Å². The number of ether oxygens (including phenoxy) is 2. The van der Waals surface area contributed by atoms with E-state index in [0.29, 0.717) is 0 Å². The van der Waals surface area contributed by atoms with E-state index in [1.165, 1.54) is 0 Å². The molecule has 1 unspecified atom stereocenters. The van der Waals surface area contributed by atoms with E-state index >= 15 is 0 Å². The van der Waals surface area contributed by atoms with E-state index < -0.39 is 67.1 Å². The molecule has 0 bridgehead atoms. The van der Waals surface area contributed by atoms with Gasteiger partial charge in [0.2, 0.25) is 5.91 Å². The van der Waals surface area contributed by atoms with Crippen LogP contribution >= 0.6 is 0 Å². The van der Waals surface area contributed by atoms with Gasteiger partial charge in [-0.05, 0) is 0 Å². The van der Waals surface area contributed by atoms with Gasteiger partial charge in [-0.2, -0.15) is 0 Å². The van der Waals surface area contributed by atoms with Gasteiger partial charge in [0.15, 0.2) is 6.10 Å². The van der Waals surface area contributed by atoms with Gasteiger partial charge in [-0.15, -0.1) is 0 Å². The maximum absolute atomic E-state index is 11.3. The van der Waals surface area contributed by atoms with Crippen molar-refractivity contribution >= 4 is 17.8 Å². The third-order valence-electron chi connectivity index (χ3n) is 3.48. The summed E-state index contributed by atoms with van der Waals surface area (Å²) >= 11 is 0. The lowest BCUT2D eigenvalue weighted by atomic mass is 9.88. The predicted octanol–water partition coefficient (Wildman–Crippen LogP) is -3.30. The molecule has 6 N–H and O–H groups in total. The number of amides is 1. The number of carbonyl (C=O) groups is 3. The van der Waals surface area contributed by atoms with E-state index in [2.05, 4.69) is 5.32 Å². The molecule has 24 heavy (non-hydrogen) atoms. The third kappa shape index (κ3) is 4.61. The van der Waals surface area contributed by atoms with Crippen molar-refractivity contribution in [2.24, 2.45) is 0 Å². The lowest BCUT2D eigenvalue weighted by Crippen LogP contribution is -2.67. The van der Waals surface area contributed by atoms with Crippen LogP contribution in [0, 0.1) is 0 Å². The maximum atomic E-state index is 11.3. The highest BCUT2D eigenvalue weighted by atomic mass is 16.7. The highest BCUT2D eigenvalue weighted by Gasteiger charge is 2.55. The zero-order valence-corrected chi connectivity index (χ0v) is 13.1. The molecule has 0 radical (unpaired) electrons. The van der Waals surface area contributed by atoms with Crippen LogP contribution in [0.2, 0.25) is 0 Å². The number of aliphatic carboxylic acids is 1. The Kier molecular flexibility index (Phi) is 6.63. The Morgan fingerprint density at radius 1 is 1.38 bits per heavy atom. The molecule has 11 heteroatoms. The first-order chi connectivity index (χ1) is 11.0. The van der Waals surface area contributed by atoms with E-state index in [9.17, 15) is 29.7 Å². The number of hydrogen-bond donors (Lipinski definition) is 6. The van der Waals surface area contributed by atoms with Crippen molar-refractivity contribution in [1.82, 2.24) is 5.32 Å². The SMILES string of the molecule is CC(=O)N[C@H]1[C@H]([C@H](OC(C)=O)C(O)CO)O[C@](O)(C(=O)O)C[C@@H]1O. The molecule has 1 aliphatic rings. The summed E-state index contributed by atoms with van der Waals surface area (Å²) in [5.74, 6) is -6.15. The van der Waals surface area contributed by atoms with Crippen molar-refractivity contribution in [3.8, 4) is 0 Å². The van der Waals surface area contributed by atoms with Crippen molar-refractivity contribution in [1.29, 1.82) is 0 Å². The fraction of sp³-hybridized carbons (Fsp3) is 0.769. The second-order valence-corrected chi connectivity index (χ2v) is 5.49.